The molecule has 0 aromatic rings. The monoisotopic (exact) mass is 286 g/mol. The van der Waals surface area contributed by atoms with Crippen LogP contribution in [0.1, 0.15) is 0 Å². The number of alkyl halides is 5. The highest BCUT2D eigenvalue weighted by atomic mass is 19.4. The molecule has 0 aliphatic rings. The maximum atomic E-state index is 12.4. The summed E-state index contributed by atoms with van der Waals surface area (Å²) < 4.78 is 60.1. The SMILES string of the molecule is C#CC(CNCC(=O)NCC(F)(F)C(F)(F)F)N=N. The van der Waals surface area contributed by atoms with Gasteiger partial charge in [0.25, 0.3) is 0 Å². The Bertz CT molecular complexity index is 363. The van der Waals surface area contributed by atoms with Crippen molar-refractivity contribution in [1.82, 2.24) is 10.6 Å². The molecule has 0 radical (unpaired) electrons. The fourth-order valence-corrected chi connectivity index (χ4v) is 0.837. The molecule has 0 saturated heterocycles. The van der Waals surface area contributed by atoms with E-state index in [4.69, 9.17) is 12.0 Å². The van der Waals surface area contributed by atoms with Crippen LogP contribution in [0.15, 0.2) is 5.11 Å². The van der Waals surface area contributed by atoms with Crippen LogP contribution in [0.5, 0.6) is 0 Å². The van der Waals surface area contributed by atoms with Gasteiger partial charge in [-0.3, -0.25) is 4.79 Å². The molecule has 0 aliphatic heterocycles. The van der Waals surface area contributed by atoms with E-state index >= 15 is 0 Å². The van der Waals surface area contributed by atoms with Crippen LogP contribution in [0, 0.1) is 17.9 Å². The average Bonchev–Trinajstić information content (AvgIpc) is 2.31. The zero-order valence-electron chi connectivity index (χ0n) is 9.52. The molecule has 10 heteroatoms. The van der Waals surface area contributed by atoms with E-state index in [9.17, 15) is 26.7 Å². The summed E-state index contributed by atoms with van der Waals surface area (Å²) in [6.07, 6.45) is -0.781. The van der Waals surface area contributed by atoms with Gasteiger partial charge in [-0.2, -0.15) is 27.1 Å². The minimum atomic E-state index is -5.72. The second kappa shape index (κ2) is 6.98. The first-order valence-corrected chi connectivity index (χ1v) is 4.88. The smallest absolute Gasteiger partial charge is 0.349 e. The molecule has 19 heavy (non-hydrogen) atoms. The van der Waals surface area contributed by atoms with E-state index in [0.717, 1.165) is 0 Å². The Balaban J connectivity index is 4.02. The number of carbonyl (C=O) groups is 1. The molecule has 0 spiro atoms. The van der Waals surface area contributed by atoms with E-state index < -0.39 is 37.1 Å². The van der Waals surface area contributed by atoms with Gasteiger partial charge in [0.05, 0.1) is 13.1 Å². The molecule has 0 bridgehead atoms. The lowest BCUT2D eigenvalue weighted by Crippen LogP contribution is -2.48. The van der Waals surface area contributed by atoms with Gasteiger partial charge in [0.1, 0.15) is 6.04 Å². The van der Waals surface area contributed by atoms with Crippen molar-refractivity contribution in [3.8, 4) is 12.3 Å². The third kappa shape index (κ3) is 6.10. The number of nitrogens with zero attached hydrogens (tertiary/aromatic N) is 1. The largest absolute Gasteiger partial charge is 0.455 e. The molecule has 0 rings (SSSR count). The number of hydrogen-bond acceptors (Lipinski definition) is 4. The Morgan fingerprint density at radius 2 is 1.95 bits per heavy atom. The number of nitrogens with one attached hydrogen (secondary N) is 3. The predicted molar refractivity (Wildman–Crippen MR) is 54.7 cm³/mol. The summed E-state index contributed by atoms with van der Waals surface area (Å²) in [7, 11) is 0. The van der Waals surface area contributed by atoms with Gasteiger partial charge in [-0.25, -0.2) is 5.53 Å². The van der Waals surface area contributed by atoms with Gasteiger partial charge in [-0.05, 0) is 0 Å². The predicted octanol–water partition coefficient (Wildman–Crippen LogP) is 0.923. The lowest BCUT2D eigenvalue weighted by Gasteiger charge is -2.19. The molecule has 0 fully saturated rings. The van der Waals surface area contributed by atoms with Crippen LogP contribution in [0.25, 0.3) is 0 Å². The molecule has 3 N–H and O–H groups in total. The molecular formula is C9H11F5N4O. The van der Waals surface area contributed by atoms with Crippen LogP contribution in [0.2, 0.25) is 0 Å². The van der Waals surface area contributed by atoms with Gasteiger partial charge in [0, 0.05) is 6.54 Å². The third-order valence-electron chi connectivity index (χ3n) is 1.89. The Morgan fingerprint density at radius 1 is 1.37 bits per heavy atom. The third-order valence-corrected chi connectivity index (χ3v) is 1.89. The molecule has 0 saturated carbocycles. The van der Waals surface area contributed by atoms with E-state index in [1.807, 2.05) is 0 Å². The molecule has 1 unspecified atom stereocenters. The lowest BCUT2D eigenvalue weighted by molar-refractivity contribution is -0.278. The molecule has 0 aromatic heterocycles. The van der Waals surface area contributed by atoms with E-state index in [-0.39, 0.29) is 6.54 Å². The normalized spacial score (nSPS) is 13.5. The first kappa shape index (κ1) is 17.2. The van der Waals surface area contributed by atoms with Crippen molar-refractivity contribution in [2.45, 2.75) is 18.1 Å². The van der Waals surface area contributed by atoms with Gasteiger partial charge < -0.3 is 10.6 Å². The van der Waals surface area contributed by atoms with Gasteiger partial charge in [-0.1, -0.05) is 5.92 Å². The fourth-order valence-electron chi connectivity index (χ4n) is 0.837. The number of rotatable bonds is 7. The molecule has 0 aliphatic carbocycles. The molecular weight excluding hydrogens is 275 g/mol. The summed E-state index contributed by atoms with van der Waals surface area (Å²) in [5, 5.41) is 6.78. The van der Waals surface area contributed by atoms with Crippen molar-refractivity contribution in [3.63, 3.8) is 0 Å². The molecule has 108 valence electrons. The van der Waals surface area contributed by atoms with Crippen molar-refractivity contribution in [2.24, 2.45) is 5.11 Å². The maximum absolute atomic E-state index is 12.4. The van der Waals surface area contributed by atoms with Crippen LogP contribution in [0.4, 0.5) is 22.0 Å². The highest BCUT2D eigenvalue weighted by Crippen LogP contribution is 2.34. The number of terminal acetylenes is 1. The zero-order valence-corrected chi connectivity index (χ0v) is 9.52. The number of amides is 1. The minimum Gasteiger partial charge on any atom is -0.349 e. The van der Waals surface area contributed by atoms with Crippen molar-refractivity contribution in [1.29, 1.82) is 5.53 Å². The standard InChI is InChI=1S/C9H11F5N4O/c1-2-6(18-15)3-16-4-7(19)17-5-8(10,11)9(12,13)14/h1,6,15-16H,3-5H2,(H,17,19). The molecule has 1 atom stereocenters. The first-order chi connectivity index (χ1) is 8.64. The summed E-state index contributed by atoms with van der Waals surface area (Å²) in [6, 6.07) is -0.829. The summed E-state index contributed by atoms with van der Waals surface area (Å²) in [6.45, 7) is -2.41. The maximum Gasteiger partial charge on any atom is 0.455 e. The minimum absolute atomic E-state index is 0.0664. The van der Waals surface area contributed by atoms with Crippen LogP contribution in [0.3, 0.4) is 0 Å². The number of hydrogen-bond donors (Lipinski definition) is 3. The van der Waals surface area contributed by atoms with Gasteiger partial charge >= 0.3 is 12.1 Å². The Hall–Kier alpha value is -1.76. The van der Waals surface area contributed by atoms with Crippen molar-refractivity contribution >= 4 is 5.91 Å². The van der Waals surface area contributed by atoms with Gasteiger partial charge in [0.15, 0.2) is 0 Å². The average molecular weight is 286 g/mol. The van der Waals surface area contributed by atoms with Gasteiger partial charge in [0.2, 0.25) is 5.91 Å². The van der Waals surface area contributed by atoms with Crippen LogP contribution < -0.4 is 10.6 Å². The summed E-state index contributed by atoms with van der Waals surface area (Å²) in [4.78, 5) is 11.0. The first-order valence-electron chi connectivity index (χ1n) is 4.88. The second-order valence-corrected chi connectivity index (χ2v) is 3.42. The zero-order chi connectivity index (χ0) is 15.1. The van der Waals surface area contributed by atoms with E-state index in [1.54, 1.807) is 0 Å². The molecule has 0 aromatic carbocycles. The van der Waals surface area contributed by atoms with Crippen molar-refractivity contribution in [3.05, 3.63) is 0 Å². The van der Waals surface area contributed by atoms with E-state index in [0.29, 0.717) is 0 Å². The van der Waals surface area contributed by atoms with Crippen LogP contribution in [-0.2, 0) is 4.79 Å². The number of carbonyl (C=O) groups excluding carboxylic acids is 1. The van der Waals surface area contributed by atoms with E-state index in [2.05, 4.69) is 16.4 Å². The van der Waals surface area contributed by atoms with Gasteiger partial charge in [-0.15, -0.1) is 6.42 Å². The quantitative estimate of drug-likeness (QED) is 0.370. The highest BCUT2D eigenvalue weighted by molar-refractivity contribution is 5.78. The fraction of sp³-hybridized carbons (Fsp3) is 0.667. The lowest BCUT2D eigenvalue weighted by atomic mass is 10.3. The van der Waals surface area contributed by atoms with Crippen LogP contribution in [-0.4, -0.2) is 43.7 Å². The Labute approximate surface area is 105 Å². The molecule has 0 heterocycles. The Morgan fingerprint density at radius 3 is 2.37 bits per heavy atom. The molecule has 5 nitrogen and oxygen atoms in total. The topological polar surface area (TPSA) is 77.3 Å². The highest BCUT2D eigenvalue weighted by Gasteiger charge is 2.57. The summed E-state index contributed by atoms with van der Waals surface area (Å²) in [5.41, 5.74) is 6.60. The summed E-state index contributed by atoms with van der Waals surface area (Å²) in [5.74, 6) is -3.95. The Kier molecular flexibility index (Phi) is 6.34. The second-order valence-electron chi connectivity index (χ2n) is 3.42. The summed E-state index contributed by atoms with van der Waals surface area (Å²) >= 11 is 0. The van der Waals surface area contributed by atoms with Crippen LogP contribution >= 0.6 is 0 Å². The van der Waals surface area contributed by atoms with Crippen molar-refractivity contribution < 1.29 is 26.7 Å². The van der Waals surface area contributed by atoms with E-state index in [1.165, 1.54) is 5.32 Å². The number of halogens is 5. The molecule has 1 amide bonds. The van der Waals surface area contributed by atoms with Crippen molar-refractivity contribution in [2.75, 3.05) is 19.6 Å².